The Morgan fingerprint density at radius 1 is 1.18 bits per heavy atom. The third kappa shape index (κ3) is 5.20. The Hall–Kier alpha value is -1.06. The molecule has 0 saturated carbocycles. The average molecular weight is 266 g/mol. The maximum absolute atomic E-state index is 10.9. The van der Waals surface area contributed by atoms with Crippen molar-refractivity contribution < 1.29 is 17.0 Å². The number of rotatable bonds is 7. The van der Waals surface area contributed by atoms with Crippen LogP contribution in [0.3, 0.4) is 0 Å². The van der Waals surface area contributed by atoms with Crippen LogP contribution in [0.25, 0.3) is 0 Å². The van der Waals surface area contributed by atoms with E-state index < -0.39 is 10.4 Å². The first-order valence-corrected chi connectivity index (χ1v) is 6.83. The number of nitrogens with two attached hydrogens (primary N) is 2. The molecule has 4 N–H and O–H groups in total. The molecule has 9 heteroatoms. The van der Waals surface area contributed by atoms with E-state index in [0.717, 1.165) is 37.2 Å². The molecule has 0 saturated heterocycles. The molecular weight excluding hydrogens is 248 g/mol. The van der Waals surface area contributed by atoms with Crippen LogP contribution < -0.4 is 11.5 Å². The van der Waals surface area contributed by atoms with Gasteiger partial charge in [0, 0.05) is 0 Å². The van der Waals surface area contributed by atoms with Crippen LogP contribution in [-0.2, 0) is 19.0 Å². The summed E-state index contributed by atoms with van der Waals surface area (Å²) in [5, 5.41) is 4.20. The summed E-state index contributed by atoms with van der Waals surface area (Å²) in [6.45, 7) is 1.06. The summed E-state index contributed by atoms with van der Waals surface area (Å²) in [4.78, 5) is 0. The minimum absolute atomic E-state index is 0.0956. The van der Waals surface area contributed by atoms with E-state index >= 15 is 0 Å². The molecular formula is C8H18N4O4S. The van der Waals surface area contributed by atoms with Crippen molar-refractivity contribution in [3.63, 3.8) is 0 Å². The Morgan fingerprint density at radius 2 is 1.82 bits per heavy atom. The van der Waals surface area contributed by atoms with Crippen LogP contribution in [-0.4, -0.2) is 32.5 Å². The summed E-state index contributed by atoms with van der Waals surface area (Å²) >= 11 is 0. The quantitative estimate of drug-likeness (QED) is 0.603. The van der Waals surface area contributed by atoms with Crippen LogP contribution in [0.5, 0.6) is 0 Å². The van der Waals surface area contributed by atoms with Crippen molar-refractivity contribution in [1.82, 2.24) is 5.06 Å². The predicted molar refractivity (Wildman–Crippen MR) is 61.6 cm³/mol. The van der Waals surface area contributed by atoms with Crippen LogP contribution in [0.4, 0.5) is 0 Å². The van der Waals surface area contributed by atoms with Gasteiger partial charge < -0.3 is 11.5 Å². The summed E-state index contributed by atoms with van der Waals surface area (Å²) < 4.78 is 30.4. The van der Waals surface area contributed by atoms with Gasteiger partial charge in [0.1, 0.15) is 0 Å². The minimum Gasteiger partial charge on any atom is -0.365 e. The maximum atomic E-state index is 10.9. The number of nitrogens with zero attached hydrogens (tertiary/aromatic N) is 2. The summed E-state index contributed by atoms with van der Waals surface area (Å²) in [6, 6.07) is 0. The molecule has 0 unspecified atom stereocenters. The second kappa shape index (κ2) is 6.62. The fraction of sp³-hybridized carbons (Fsp3) is 0.875. The number of hydrogen-bond acceptors (Lipinski definition) is 8. The highest BCUT2D eigenvalue weighted by molar-refractivity contribution is 7.81. The van der Waals surface area contributed by atoms with Gasteiger partial charge in [-0.15, -0.1) is 4.28 Å². The fourth-order valence-corrected chi connectivity index (χ4v) is 1.94. The average Bonchev–Trinajstić information content (AvgIpc) is 2.28. The highest BCUT2D eigenvalue weighted by Gasteiger charge is 2.26. The van der Waals surface area contributed by atoms with Crippen molar-refractivity contribution in [3.8, 4) is 0 Å². The maximum Gasteiger partial charge on any atom is 0.491 e. The SMILES string of the molecule is NCCCCCCCN1OS(=O)(=O)ON=C1N. The first kappa shape index (κ1) is 14.0. The van der Waals surface area contributed by atoms with Crippen molar-refractivity contribution >= 4 is 16.4 Å². The van der Waals surface area contributed by atoms with Crippen molar-refractivity contribution in [2.24, 2.45) is 16.6 Å². The van der Waals surface area contributed by atoms with E-state index in [1.54, 1.807) is 0 Å². The summed E-state index contributed by atoms with van der Waals surface area (Å²) in [5.41, 5.74) is 10.8. The molecule has 100 valence electrons. The number of oxime groups is 1. The zero-order chi connectivity index (χ0) is 12.7. The largest absolute Gasteiger partial charge is 0.491 e. The molecule has 0 aromatic heterocycles. The predicted octanol–water partition coefficient (Wildman–Crippen LogP) is -0.366. The lowest BCUT2D eigenvalue weighted by molar-refractivity contribution is -0.0147. The van der Waals surface area contributed by atoms with Gasteiger partial charge in [-0.25, -0.2) is 4.28 Å². The summed E-state index contributed by atoms with van der Waals surface area (Å²) in [7, 11) is -4.07. The second-order valence-electron chi connectivity index (χ2n) is 3.67. The normalized spacial score (nSPS) is 18.6. The van der Waals surface area contributed by atoms with Crippen LogP contribution in [0.15, 0.2) is 5.16 Å². The lowest BCUT2D eigenvalue weighted by Gasteiger charge is -2.22. The van der Waals surface area contributed by atoms with Crippen LogP contribution in [0.1, 0.15) is 32.1 Å². The van der Waals surface area contributed by atoms with E-state index in [1.165, 1.54) is 0 Å². The van der Waals surface area contributed by atoms with Gasteiger partial charge in [-0.3, -0.25) is 0 Å². The smallest absolute Gasteiger partial charge is 0.365 e. The van der Waals surface area contributed by atoms with E-state index in [-0.39, 0.29) is 5.96 Å². The topological polar surface area (TPSA) is 120 Å². The van der Waals surface area contributed by atoms with Crippen molar-refractivity contribution in [1.29, 1.82) is 0 Å². The van der Waals surface area contributed by atoms with Gasteiger partial charge in [0.05, 0.1) is 6.54 Å². The monoisotopic (exact) mass is 266 g/mol. The van der Waals surface area contributed by atoms with Crippen LogP contribution >= 0.6 is 0 Å². The highest BCUT2D eigenvalue weighted by atomic mass is 32.3. The standard InChI is InChI=1S/C8H18N4O4S/c9-6-4-2-1-3-5-7-12-8(10)11-15-17(13,14)16-12/h1-7,9H2,(H2,10,11). The van der Waals surface area contributed by atoms with E-state index in [0.29, 0.717) is 13.1 Å². The molecule has 0 bridgehead atoms. The molecule has 1 heterocycles. The molecule has 0 aromatic carbocycles. The Labute approximate surface area is 101 Å². The van der Waals surface area contributed by atoms with E-state index in [9.17, 15) is 8.42 Å². The molecule has 0 fully saturated rings. The van der Waals surface area contributed by atoms with Gasteiger partial charge in [-0.05, 0) is 24.5 Å². The third-order valence-corrected chi connectivity index (χ3v) is 2.84. The van der Waals surface area contributed by atoms with Gasteiger partial charge in [0.2, 0.25) is 0 Å². The highest BCUT2D eigenvalue weighted by Crippen LogP contribution is 2.10. The molecule has 0 aliphatic carbocycles. The number of guanidine groups is 1. The van der Waals surface area contributed by atoms with E-state index in [1.807, 2.05) is 0 Å². The molecule has 0 amide bonds. The first-order chi connectivity index (χ1) is 8.05. The zero-order valence-corrected chi connectivity index (χ0v) is 10.4. The van der Waals surface area contributed by atoms with Gasteiger partial charge in [-0.1, -0.05) is 19.3 Å². The summed E-state index contributed by atoms with van der Waals surface area (Å²) in [5.74, 6) is -0.0956. The van der Waals surface area contributed by atoms with Gasteiger partial charge >= 0.3 is 10.4 Å². The first-order valence-electron chi connectivity index (χ1n) is 5.49. The zero-order valence-electron chi connectivity index (χ0n) is 9.54. The van der Waals surface area contributed by atoms with Crippen LogP contribution in [0.2, 0.25) is 0 Å². The lowest BCUT2D eigenvalue weighted by atomic mass is 10.1. The Morgan fingerprint density at radius 3 is 2.53 bits per heavy atom. The molecule has 0 radical (unpaired) electrons. The molecule has 8 nitrogen and oxygen atoms in total. The third-order valence-electron chi connectivity index (χ3n) is 2.22. The van der Waals surface area contributed by atoms with Crippen molar-refractivity contribution in [2.45, 2.75) is 32.1 Å². The van der Waals surface area contributed by atoms with E-state index in [2.05, 4.69) is 13.7 Å². The fourth-order valence-electron chi connectivity index (χ4n) is 1.37. The number of hydroxylamine groups is 2. The molecule has 0 spiro atoms. The Kier molecular flexibility index (Phi) is 5.45. The molecule has 17 heavy (non-hydrogen) atoms. The minimum atomic E-state index is -4.07. The van der Waals surface area contributed by atoms with Crippen LogP contribution in [0, 0.1) is 0 Å². The Bertz CT molecular complexity index is 357. The Balaban J connectivity index is 2.22. The second-order valence-corrected chi connectivity index (χ2v) is 4.78. The van der Waals surface area contributed by atoms with Gasteiger partial charge in [-0.2, -0.15) is 13.5 Å². The molecule has 1 rings (SSSR count). The van der Waals surface area contributed by atoms with Gasteiger partial charge in [0.25, 0.3) is 5.96 Å². The van der Waals surface area contributed by atoms with E-state index in [4.69, 9.17) is 11.5 Å². The number of hydrogen-bond donors (Lipinski definition) is 2. The number of unbranched alkanes of at least 4 members (excludes halogenated alkanes) is 4. The molecule has 1 aliphatic rings. The lowest BCUT2D eigenvalue weighted by Crippen LogP contribution is -2.43. The molecule has 1 aliphatic heterocycles. The molecule has 0 atom stereocenters. The molecule has 0 aromatic rings. The van der Waals surface area contributed by atoms with Gasteiger partial charge in [0.15, 0.2) is 0 Å². The van der Waals surface area contributed by atoms with Crippen molar-refractivity contribution in [3.05, 3.63) is 0 Å². The van der Waals surface area contributed by atoms with Crippen molar-refractivity contribution in [2.75, 3.05) is 13.1 Å². The summed E-state index contributed by atoms with van der Waals surface area (Å²) in [6.07, 6.45) is 4.84.